The molecule has 7 heteroatoms. The third-order valence-electron chi connectivity index (χ3n) is 2.97. The van der Waals surface area contributed by atoms with Gasteiger partial charge in [0, 0.05) is 16.8 Å². The molecule has 1 aliphatic rings. The van der Waals surface area contributed by atoms with E-state index in [1.54, 1.807) is 12.1 Å². The van der Waals surface area contributed by atoms with E-state index in [0.29, 0.717) is 16.5 Å². The van der Waals surface area contributed by atoms with Crippen LogP contribution in [0.3, 0.4) is 0 Å². The standard InChI is InChI=1S/C12H9BrFN3OS/c13-5-1-2-8(14)6(3-5)7-4-9(18)16-11-10(7)19-12(15)17-11/h1-3,7H,4H2,(H2,15,17)(H,16,18)/t7-/m1/s1. The fraction of sp³-hybridized carbons (Fsp3) is 0.167. The Morgan fingerprint density at radius 2 is 2.32 bits per heavy atom. The number of benzene rings is 1. The molecule has 0 radical (unpaired) electrons. The fourth-order valence-corrected chi connectivity index (χ4v) is 3.46. The normalized spacial score (nSPS) is 18.0. The van der Waals surface area contributed by atoms with Crippen molar-refractivity contribution in [1.29, 1.82) is 0 Å². The number of thiazole rings is 1. The van der Waals surface area contributed by atoms with Crippen molar-refractivity contribution in [2.24, 2.45) is 0 Å². The summed E-state index contributed by atoms with van der Waals surface area (Å²) in [7, 11) is 0. The summed E-state index contributed by atoms with van der Waals surface area (Å²) in [5.74, 6) is -0.401. The van der Waals surface area contributed by atoms with E-state index >= 15 is 0 Å². The van der Waals surface area contributed by atoms with Crippen LogP contribution in [0.15, 0.2) is 22.7 Å². The highest BCUT2D eigenvalue weighted by Gasteiger charge is 2.31. The average molecular weight is 342 g/mol. The van der Waals surface area contributed by atoms with Gasteiger partial charge in [-0.15, -0.1) is 0 Å². The van der Waals surface area contributed by atoms with Crippen LogP contribution in [0.4, 0.5) is 15.3 Å². The summed E-state index contributed by atoms with van der Waals surface area (Å²) < 4.78 is 14.8. The minimum absolute atomic E-state index is 0.179. The number of nitrogens with zero attached hydrogens (tertiary/aromatic N) is 1. The Kier molecular flexibility index (Phi) is 3.02. The summed E-state index contributed by atoms with van der Waals surface area (Å²) in [4.78, 5) is 16.6. The first-order valence-electron chi connectivity index (χ1n) is 5.55. The summed E-state index contributed by atoms with van der Waals surface area (Å²) in [6, 6.07) is 4.71. The number of nitrogen functional groups attached to an aromatic ring is 1. The molecule has 3 N–H and O–H groups in total. The van der Waals surface area contributed by atoms with Crippen LogP contribution < -0.4 is 11.1 Å². The van der Waals surface area contributed by atoms with Gasteiger partial charge in [0.15, 0.2) is 5.13 Å². The van der Waals surface area contributed by atoms with Crippen molar-refractivity contribution in [3.63, 3.8) is 0 Å². The second kappa shape index (κ2) is 4.57. The summed E-state index contributed by atoms with van der Waals surface area (Å²) >= 11 is 4.60. The van der Waals surface area contributed by atoms with Crippen molar-refractivity contribution >= 4 is 44.1 Å². The minimum Gasteiger partial charge on any atom is -0.375 e. The number of fused-ring (bicyclic) bond motifs is 1. The first kappa shape index (κ1) is 12.6. The molecule has 0 unspecified atom stereocenters. The zero-order valence-electron chi connectivity index (χ0n) is 9.61. The van der Waals surface area contributed by atoms with Gasteiger partial charge in [-0.1, -0.05) is 27.3 Å². The van der Waals surface area contributed by atoms with Crippen molar-refractivity contribution in [2.45, 2.75) is 12.3 Å². The summed E-state index contributed by atoms with van der Waals surface area (Å²) in [6.07, 6.45) is 0.196. The molecule has 3 rings (SSSR count). The number of carbonyl (C=O) groups excluding carboxylic acids is 1. The number of nitrogens with one attached hydrogen (secondary N) is 1. The summed E-state index contributed by atoms with van der Waals surface area (Å²) in [6.45, 7) is 0. The predicted molar refractivity (Wildman–Crippen MR) is 75.7 cm³/mol. The number of hydrogen-bond donors (Lipinski definition) is 2. The number of carbonyl (C=O) groups is 1. The SMILES string of the molecule is Nc1nc2c(s1)[C@@H](c1cc(Br)ccc1F)CC(=O)N2. The van der Waals surface area contributed by atoms with Gasteiger partial charge >= 0.3 is 0 Å². The van der Waals surface area contributed by atoms with Crippen LogP contribution >= 0.6 is 27.3 Å². The highest BCUT2D eigenvalue weighted by molar-refractivity contribution is 9.10. The van der Waals surface area contributed by atoms with Crippen LogP contribution in [0.2, 0.25) is 0 Å². The first-order valence-corrected chi connectivity index (χ1v) is 7.16. The van der Waals surface area contributed by atoms with Crippen molar-refractivity contribution in [3.05, 3.63) is 38.9 Å². The predicted octanol–water partition coefficient (Wildman–Crippen LogP) is 3.10. The first-order chi connectivity index (χ1) is 9.04. The highest BCUT2D eigenvalue weighted by atomic mass is 79.9. The molecule has 0 saturated heterocycles. The smallest absolute Gasteiger partial charge is 0.226 e. The third kappa shape index (κ3) is 2.23. The van der Waals surface area contributed by atoms with Crippen LogP contribution in [0.1, 0.15) is 22.8 Å². The number of anilines is 2. The van der Waals surface area contributed by atoms with Gasteiger partial charge in [-0.05, 0) is 23.8 Å². The Morgan fingerprint density at radius 3 is 3.11 bits per heavy atom. The molecule has 0 spiro atoms. The maximum Gasteiger partial charge on any atom is 0.226 e. The van der Waals surface area contributed by atoms with E-state index in [1.807, 2.05) is 0 Å². The molecule has 1 aromatic heterocycles. The quantitative estimate of drug-likeness (QED) is 0.837. The molecule has 1 amide bonds. The van der Waals surface area contributed by atoms with Gasteiger partial charge in [0.2, 0.25) is 5.91 Å². The van der Waals surface area contributed by atoms with Crippen molar-refractivity contribution in [2.75, 3.05) is 11.1 Å². The zero-order chi connectivity index (χ0) is 13.6. The lowest BCUT2D eigenvalue weighted by atomic mass is 9.91. The molecule has 98 valence electrons. The van der Waals surface area contributed by atoms with Gasteiger partial charge < -0.3 is 11.1 Å². The topological polar surface area (TPSA) is 68.0 Å². The molecule has 4 nitrogen and oxygen atoms in total. The zero-order valence-corrected chi connectivity index (χ0v) is 12.0. The van der Waals surface area contributed by atoms with Gasteiger partial charge in [-0.2, -0.15) is 0 Å². The highest BCUT2D eigenvalue weighted by Crippen LogP contribution is 2.42. The molecule has 1 aromatic carbocycles. The second-order valence-electron chi connectivity index (χ2n) is 4.24. The number of rotatable bonds is 1. The van der Waals surface area contributed by atoms with Crippen LogP contribution in [0, 0.1) is 5.82 Å². The van der Waals surface area contributed by atoms with Crippen LogP contribution in [-0.4, -0.2) is 10.9 Å². The lowest BCUT2D eigenvalue weighted by Crippen LogP contribution is -2.23. The number of halogens is 2. The molecular formula is C12H9BrFN3OS. The Bertz CT molecular complexity index is 673. The Labute approximate surface area is 121 Å². The maximum absolute atomic E-state index is 14.0. The molecule has 1 aliphatic heterocycles. The largest absolute Gasteiger partial charge is 0.375 e. The fourth-order valence-electron chi connectivity index (χ4n) is 2.17. The Morgan fingerprint density at radius 1 is 1.53 bits per heavy atom. The van der Waals surface area contributed by atoms with E-state index in [1.165, 1.54) is 17.4 Å². The molecule has 0 fully saturated rings. The summed E-state index contributed by atoms with van der Waals surface area (Å²) in [5.41, 5.74) is 6.15. The third-order valence-corrected chi connectivity index (χ3v) is 4.46. The molecule has 0 aliphatic carbocycles. The molecule has 19 heavy (non-hydrogen) atoms. The maximum atomic E-state index is 14.0. The molecule has 0 saturated carbocycles. The lowest BCUT2D eigenvalue weighted by Gasteiger charge is -2.22. The second-order valence-corrected chi connectivity index (χ2v) is 6.21. The van der Waals surface area contributed by atoms with E-state index in [2.05, 4.69) is 26.2 Å². The molecular weight excluding hydrogens is 333 g/mol. The molecule has 1 atom stereocenters. The van der Waals surface area contributed by atoms with E-state index in [9.17, 15) is 9.18 Å². The van der Waals surface area contributed by atoms with Gasteiger partial charge in [-0.25, -0.2) is 9.37 Å². The van der Waals surface area contributed by atoms with Gasteiger partial charge in [0.1, 0.15) is 11.6 Å². The number of amides is 1. The van der Waals surface area contributed by atoms with E-state index in [-0.39, 0.29) is 24.1 Å². The van der Waals surface area contributed by atoms with E-state index < -0.39 is 0 Å². The van der Waals surface area contributed by atoms with Gasteiger partial charge in [0.25, 0.3) is 0 Å². The summed E-state index contributed by atoms with van der Waals surface area (Å²) in [5, 5.41) is 3.03. The van der Waals surface area contributed by atoms with Gasteiger partial charge in [0.05, 0.1) is 4.88 Å². The van der Waals surface area contributed by atoms with Crippen LogP contribution in [-0.2, 0) is 4.79 Å². The Balaban J connectivity index is 2.14. The molecule has 0 bridgehead atoms. The van der Waals surface area contributed by atoms with Crippen molar-refractivity contribution in [3.8, 4) is 0 Å². The van der Waals surface area contributed by atoms with E-state index in [0.717, 1.165) is 9.35 Å². The average Bonchev–Trinajstić information content (AvgIpc) is 2.71. The number of nitrogens with two attached hydrogens (primary N) is 1. The minimum atomic E-state index is -0.337. The number of hydrogen-bond acceptors (Lipinski definition) is 4. The van der Waals surface area contributed by atoms with Crippen LogP contribution in [0.5, 0.6) is 0 Å². The molecule has 2 heterocycles. The Hall–Kier alpha value is -1.47. The molecule has 2 aromatic rings. The lowest BCUT2D eigenvalue weighted by molar-refractivity contribution is -0.116. The monoisotopic (exact) mass is 341 g/mol. The number of aromatic nitrogens is 1. The van der Waals surface area contributed by atoms with Crippen LogP contribution in [0.25, 0.3) is 0 Å². The van der Waals surface area contributed by atoms with Crippen molar-refractivity contribution in [1.82, 2.24) is 4.98 Å². The van der Waals surface area contributed by atoms with E-state index in [4.69, 9.17) is 5.73 Å². The van der Waals surface area contributed by atoms with Gasteiger partial charge in [-0.3, -0.25) is 4.79 Å². The van der Waals surface area contributed by atoms with Crippen molar-refractivity contribution < 1.29 is 9.18 Å².